The van der Waals surface area contributed by atoms with Crippen LogP contribution in [0.5, 0.6) is 0 Å². The van der Waals surface area contributed by atoms with Gasteiger partial charge in [-0.1, -0.05) is 0 Å². The Morgan fingerprint density at radius 2 is 1.04 bits per heavy atom. The van der Waals surface area contributed by atoms with Crippen molar-refractivity contribution >= 4 is 6.04 Å². The van der Waals surface area contributed by atoms with Crippen molar-refractivity contribution in [2.24, 2.45) is 0 Å². The first-order chi connectivity index (χ1) is 10.1. The first kappa shape index (κ1) is 22.6. The highest BCUT2D eigenvalue weighted by molar-refractivity contribution is 5.77. The van der Waals surface area contributed by atoms with E-state index in [2.05, 4.69) is 0 Å². The van der Waals surface area contributed by atoms with E-state index in [-0.39, 0.29) is 0 Å². The number of alkyl halides is 13. The molecule has 0 bridgehead atoms. The second-order valence-electron chi connectivity index (χ2n) is 3.62. The molecule has 0 aromatic carbocycles. The fourth-order valence-electron chi connectivity index (χ4n) is 0.811. The van der Waals surface area contributed by atoms with E-state index >= 15 is 0 Å². The Morgan fingerprint density at radius 1 is 0.667 bits per heavy atom. The minimum absolute atomic E-state index is 1.42. The van der Waals surface area contributed by atoms with Gasteiger partial charge in [-0.2, -0.15) is 48.3 Å². The van der Waals surface area contributed by atoms with Gasteiger partial charge in [0.15, 0.2) is 0 Å². The van der Waals surface area contributed by atoms with E-state index in [1.807, 2.05) is 0 Å². The molecule has 0 amide bonds. The van der Waals surface area contributed by atoms with Crippen LogP contribution in [-0.2, 0) is 14.3 Å². The number of carbonyl (C=O) groups is 1. The maximum atomic E-state index is 13.2. The molecule has 0 aliphatic carbocycles. The van der Waals surface area contributed by atoms with E-state index in [0.29, 0.717) is 0 Å². The maximum absolute atomic E-state index is 13.2. The average molecular weight is 398 g/mol. The third kappa shape index (κ3) is 4.17. The molecule has 0 aromatic rings. The molecule has 0 N–H and O–H groups in total. The second kappa shape index (κ2) is 5.85. The molecule has 1 atom stereocenters. The van der Waals surface area contributed by atoms with E-state index in [4.69, 9.17) is 0 Å². The molecule has 0 radical (unpaired) electrons. The second-order valence-corrected chi connectivity index (χ2v) is 3.62. The fraction of sp³-hybridized carbons (Fsp3) is 0.857. The van der Waals surface area contributed by atoms with E-state index < -0.39 is 42.6 Å². The van der Waals surface area contributed by atoms with Crippen molar-refractivity contribution in [3.63, 3.8) is 0 Å². The zero-order valence-corrected chi connectivity index (χ0v) is 10.0. The number of rotatable bonds is 6. The van der Waals surface area contributed by atoms with Gasteiger partial charge in [-0.3, -0.25) is 4.79 Å². The molecule has 0 saturated heterocycles. The van der Waals surface area contributed by atoms with Crippen LogP contribution in [0.25, 0.3) is 0 Å². The van der Waals surface area contributed by atoms with Gasteiger partial charge in [0.25, 0.3) is 0 Å². The number of carbonyl (C=O) groups excluding carboxylic acids is 1. The van der Waals surface area contributed by atoms with Gasteiger partial charge in [0.1, 0.15) is 0 Å². The Kier molecular flexibility index (Phi) is 5.51. The monoisotopic (exact) mass is 398 g/mol. The topological polar surface area (TPSA) is 35.5 Å². The van der Waals surface area contributed by atoms with Gasteiger partial charge < -0.3 is 0 Å². The van der Waals surface area contributed by atoms with Crippen molar-refractivity contribution < 1.29 is 75.7 Å². The smallest absolute Gasteiger partial charge is 0.254 e. The van der Waals surface area contributed by atoms with Crippen LogP contribution in [0.15, 0.2) is 0 Å². The molecule has 144 valence electrons. The van der Waals surface area contributed by atoms with Gasteiger partial charge in [0, 0.05) is 0 Å². The van der Waals surface area contributed by atoms with Crippen molar-refractivity contribution in [2.75, 3.05) is 0 Å². The number of halogens is 14. The fourth-order valence-corrected chi connectivity index (χ4v) is 0.811. The van der Waals surface area contributed by atoms with Gasteiger partial charge in [0.05, 0.1) is 0 Å². The van der Waals surface area contributed by atoms with E-state index in [1.54, 1.807) is 0 Å². The summed E-state index contributed by atoms with van der Waals surface area (Å²) in [5.74, 6) is -14.5. The quantitative estimate of drug-likeness (QED) is 0.384. The predicted octanol–water partition coefficient (Wildman–Crippen LogP) is 4.08. The van der Waals surface area contributed by atoms with E-state index in [0.717, 1.165) is 0 Å². The molecule has 17 heteroatoms. The highest BCUT2D eigenvalue weighted by atomic mass is 19.4. The third-order valence-corrected chi connectivity index (χ3v) is 1.85. The van der Waals surface area contributed by atoms with Crippen LogP contribution in [-0.4, -0.2) is 42.6 Å². The minimum Gasteiger partial charge on any atom is -0.254 e. The molecule has 0 saturated carbocycles. The van der Waals surface area contributed by atoms with E-state index in [9.17, 15) is 66.3 Å². The van der Waals surface area contributed by atoms with Crippen LogP contribution in [0.3, 0.4) is 0 Å². The molecule has 0 fully saturated rings. The molecular weight excluding hydrogens is 398 g/mol. The van der Waals surface area contributed by atoms with Crippen LogP contribution >= 0.6 is 0 Å². The molecule has 0 spiro atoms. The SMILES string of the molecule is O=C(F)C(F)(F)C(F)(F)OC(F)(OC(F)(F)F)C(F)(F)C(F)(F)F. The maximum Gasteiger partial charge on any atom is 0.527 e. The third-order valence-electron chi connectivity index (χ3n) is 1.85. The van der Waals surface area contributed by atoms with Crippen LogP contribution < -0.4 is 0 Å². The van der Waals surface area contributed by atoms with Gasteiger partial charge in [-0.15, -0.1) is 13.2 Å². The summed E-state index contributed by atoms with van der Waals surface area (Å²) in [7, 11) is 0. The lowest BCUT2D eigenvalue weighted by molar-refractivity contribution is -0.563. The molecule has 0 aliphatic rings. The Morgan fingerprint density at radius 3 is 1.29 bits per heavy atom. The predicted molar refractivity (Wildman–Crippen MR) is 39.1 cm³/mol. The van der Waals surface area contributed by atoms with Crippen molar-refractivity contribution in [1.82, 2.24) is 0 Å². The normalized spacial score (nSPS) is 17.6. The molecule has 0 aromatic heterocycles. The standard InChI is InChI=1S/C7F14O3/c8-1(22)2(9,10)5(16,17)23-6(18,24-7(19,20)21)3(11,12)4(13,14)15. The molecule has 24 heavy (non-hydrogen) atoms. The summed E-state index contributed by atoms with van der Waals surface area (Å²) in [6, 6.07) is -11.8. The van der Waals surface area contributed by atoms with Crippen molar-refractivity contribution in [2.45, 2.75) is 36.5 Å². The highest BCUT2D eigenvalue weighted by Gasteiger charge is 2.81. The van der Waals surface area contributed by atoms with Gasteiger partial charge >= 0.3 is 42.6 Å². The average Bonchev–Trinajstić information content (AvgIpc) is 2.22. The van der Waals surface area contributed by atoms with Crippen LogP contribution in [0, 0.1) is 0 Å². The summed E-state index contributed by atoms with van der Waals surface area (Å²) in [4.78, 5) is 9.56. The Bertz CT molecular complexity index is 478. The van der Waals surface area contributed by atoms with Gasteiger partial charge in [-0.05, 0) is 0 Å². The summed E-state index contributed by atoms with van der Waals surface area (Å²) in [5, 5.41) is 0. The first-order valence-electron chi connectivity index (χ1n) is 4.67. The van der Waals surface area contributed by atoms with Crippen molar-refractivity contribution in [3.8, 4) is 0 Å². The first-order valence-corrected chi connectivity index (χ1v) is 4.67. The largest absolute Gasteiger partial charge is 0.527 e. The molecule has 3 nitrogen and oxygen atoms in total. The molecule has 0 heterocycles. The molecular formula is C7F14O3. The summed E-state index contributed by atoms with van der Waals surface area (Å²) >= 11 is 0. The van der Waals surface area contributed by atoms with Crippen LogP contribution in [0.4, 0.5) is 61.5 Å². The summed E-state index contributed by atoms with van der Waals surface area (Å²) < 4.78 is 174. The summed E-state index contributed by atoms with van der Waals surface area (Å²) in [6.07, 6.45) is -21.6. The lowest BCUT2D eigenvalue weighted by Gasteiger charge is -2.36. The Balaban J connectivity index is 6.16. The Hall–Kier alpha value is -1.39. The van der Waals surface area contributed by atoms with Crippen LogP contribution in [0.1, 0.15) is 0 Å². The summed E-state index contributed by atoms with van der Waals surface area (Å²) in [6.45, 7) is 0. The zero-order chi connectivity index (χ0) is 20.0. The van der Waals surface area contributed by atoms with Crippen molar-refractivity contribution in [1.29, 1.82) is 0 Å². The lowest BCUT2D eigenvalue weighted by atomic mass is 10.2. The molecule has 0 rings (SSSR count). The Labute approximate surface area is 120 Å². The minimum atomic E-state index is -7.62. The number of hydrogen-bond acceptors (Lipinski definition) is 3. The zero-order valence-electron chi connectivity index (χ0n) is 10.0. The van der Waals surface area contributed by atoms with Gasteiger partial charge in [-0.25, -0.2) is 9.47 Å². The van der Waals surface area contributed by atoms with E-state index in [1.165, 1.54) is 9.47 Å². The summed E-state index contributed by atoms with van der Waals surface area (Å²) in [5.41, 5.74) is 0. The lowest BCUT2D eigenvalue weighted by Crippen LogP contribution is -2.64. The number of hydrogen-bond donors (Lipinski definition) is 0. The van der Waals surface area contributed by atoms with Crippen LogP contribution in [0.2, 0.25) is 0 Å². The molecule has 1 unspecified atom stereocenters. The number of ether oxygens (including phenoxy) is 2. The highest BCUT2D eigenvalue weighted by Crippen LogP contribution is 2.52. The van der Waals surface area contributed by atoms with Crippen molar-refractivity contribution in [3.05, 3.63) is 0 Å². The molecule has 0 aliphatic heterocycles. The van der Waals surface area contributed by atoms with Gasteiger partial charge in [0.2, 0.25) is 0 Å².